The second-order valence-corrected chi connectivity index (χ2v) is 9.64. The van der Waals surface area contributed by atoms with Crippen molar-refractivity contribution in [1.29, 1.82) is 0 Å². The summed E-state index contributed by atoms with van der Waals surface area (Å²) < 4.78 is 0. The molecule has 0 aliphatic carbocycles. The number of carbonyl (C=O) groups excluding carboxylic acids is 2. The van der Waals surface area contributed by atoms with E-state index in [-0.39, 0.29) is 18.1 Å². The highest BCUT2D eigenvalue weighted by molar-refractivity contribution is 6.07. The molecule has 3 heteroatoms. The van der Waals surface area contributed by atoms with Gasteiger partial charge in [0.1, 0.15) is 11.6 Å². The molecule has 0 saturated heterocycles. The van der Waals surface area contributed by atoms with E-state index in [9.17, 15) is 9.59 Å². The van der Waals surface area contributed by atoms with E-state index in [1.165, 1.54) is 89.9 Å². The molecule has 0 aliphatic heterocycles. The first kappa shape index (κ1) is 30.3. The zero-order chi connectivity index (χ0) is 23.2. The van der Waals surface area contributed by atoms with Gasteiger partial charge in [-0.2, -0.15) is 0 Å². The molecule has 0 rings (SSSR count). The number of nitrogens with two attached hydrogens (primary N) is 1. The fourth-order valence-electron chi connectivity index (χ4n) is 4.59. The molecule has 0 aromatic rings. The van der Waals surface area contributed by atoms with Gasteiger partial charge in [0.25, 0.3) is 0 Å². The zero-order valence-corrected chi connectivity index (χ0v) is 21.5. The molecule has 3 nitrogen and oxygen atoms in total. The molecule has 0 aromatic carbocycles. The van der Waals surface area contributed by atoms with Crippen molar-refractivity contribution < 1.29 is 9.59 Å². The largest absolute Gasteiger partial charge is 0.329 e. The summed E-state index contributed by atoms with van der Waals surface area (Å²) in [4.78, 5) is 25.9. The molecule has 0 fully saturated rings. The minimum absolute atomic E-state index is 0.0985. The van der Waals surface area contributed by atoms with Crippen molar-refractivity contribution in [1.82, 2.24) is 0 Å². The minimum Gasteiger partial charge on any atom is -0.329 e. The summed E-state index contributed by atoms with van der Waals surface area (Å²) in [5, 5.41) is 0. The van der Waals surface area contributed by atoms with Crippen LogP contribution in [0, 0.1) is 5.41 Å². The van der Waals surface area contributed by atoms with E-state index in [1.807, 2.05) is 6.92 Å². The van der Waals surface area contributed by atoms with Crippen LogP contribution in [-0.4, -0.2) is 18.1 Å². The molecule has 0 amide bonds. The summed E-state index contributed by atoms with van der Waals surface area (Å²) in [6.07, 6.45) is 23.8. The van der Waals surface area contributed by atoms with Crippen molar-refractivity contribution in [3.63, 3.8) is 0 Å². The summed E-state index contributed by atoms with van der Waals surface area (Å²) in [7, 11) is 0. The van der Waals surface area contributed by atoms with E-state index in [2.05, 4.69) is 13.8 Å². The zero-order valence-electron chi connectivity index (χ0n) is 21.5. The van der Waals surface area contributed by atoms with E-state index >= 15 is 0 Å². The first-order chi connectivity index (χ1) is 15.1. The van der Waals surface area contributed by atoms with Crippen LogP contribution >= 0.6 is 0 Å². The Morgan fingerprint density at radius 1 is 0.516 bits per heavy atom. The van der Waals surface area contributed by atoms with Crippen molar-refractivity contribution in [2.24, 2.45) is 11.1 Å². The monoisotopic (exact) mass is 437 g/mol. The highest BCUT2D eigenvalue weighted by Crippen LogP contribution is 2.29. The van der Waals surface area contributed by atoms with Gasteiger partial charge in [-0.3, -0.25) is 9.59 Å². The molecule has 0 saturated carbocycles. The summed E-state index contributed by atoms with van der Waals surface area (Å²) in [5.74, 6) is 0.197. The SMILES string of the molecule is CCCCCCCCCCCC(=O)C(CC)(CN)C(=O)CCCCCCCCCCC. The normalized spacial score (nSPS) is 11.7. The number of carbonyl (C=O) groups is 2. The van der Waals surface area contributed by atoms with Gasteiger partial charge >= 0.3 is 0 Å². The fraction of sp³-hybridized carbons (Fsp3) is 0.929. The molecule has 0 aliphatic rings. The van der Waals surface area contributed by atoms with Gasteiger partial charge in [0.05, 0.1) is 5.41 Å². The lowest BCUT2D eigenvalue weighted by molar-refractivity contribution is -0.140. The Morgan fingerprint density at radius 2 is 0.806 bits per heavy atom. The number of Topliss-reactive ketones (excluding diaryl/α,β-unsaturated/α-hetero) is 2. The van der Waals surface area contributed by atoms with Crippen molar-refractivity contribution in [2.45, 2.75) is 156 Å². The van der Waals surface area contributed by atoms with Gasteiger partial charge in [0.2, 0.25) is 0 Å². The number of rotatable bonds is 24. The molecule has 2 N–H and O–H groups in total. The highest BCUT2D eigenvalue weighted by Gasteiger charge is 2.40. The Balaban J connectivity index is 4.07. The first-order valence-electron chi connectivity index (χ1n) is 13.9. The number of ketones is 2. The van der Waals surface area contributed by atoms with Gasteiger partial charge in [0, 0.05) is 19.4 Å². The maximum Gasteiger partial charge on any atom is 0.147 e. The molecule has 0 bridgehead atoms. The smallest absolute Gasteiger partial charge is 0.147 e. The Bertz CT molecular complexity index is 393. The highest BCUT2D eigenvalue weighted by atomic mass is 16.2. The van der Waals surface area contributed by atoms with E-state index in [0.717, 1.165) is 25.7 Å². The average molecular weight is 438 g/mol. The van der Waals surface area contributed by atoms with Crippen molar-refractivity contribution >= 4 is 11.6 Å². The van der Waals surface area contributed by atoms with Gasteiger partial charge in [-0.1, -0.05) is 124 Å². The Kier molecular flexibility index (Phi) is 20.7. The summed E-state index contributed by atoms with van der Waals surface area (Å²) in [6.45, 7) is 6.62. The lowest BCUT2D eigenvalue weighted by Gasteiger charge is -2.28. The van der Waals surface area contributed by atoms with Crippen LogP contribution in [-0.2, 0) is 9.59 Å². The van der Waals surface area contributed by atoms with Crippen LogP contribution < -0.4 is 5.73 Å². The molecule has 0 unspecified atom stereocenters. The third-order valence-corrected chi connectivity index (χ3v) is 7.03. The maximum atomic E-state index is 12.9. The molecule has 0 spiro atoms. The second kappa shape index (κ2) is 21.2. The van der Waals surface area contributed by atoms with Gasteiger partial charge < -0.3 is 5.73 Å². The van der Waals surface area contributed by atoms with Crippen LogP contribution in [0.4, 0.5) is 0 Å². The van der Waals surface area contributed by atoms with Gasteiger partial charge in [-0.05, 0) is 19.3 Å². The maximum absolute atomic E-state index is 12.9. The minimum atomic E-state index is -0.916. The Hall–Kier alpha value is -0.700. The quantitative estimate of drug-likeness (QED) is 0.122. The van der Waals surface area contributed by atoms with Crippen molar-refractivity contribution in [2.75, 3.05) is 6.54 Å². The van der Waals surface area contributed by atoms with Crippen LogP contribution in [0.2, 0.25) is 0 Å². The summed E-state index contributed by atoms with van der Waals surface area (Å²) in [6, 6.07) is 0. The van der Waals surface area contributed by atoms with E-state index in [4.69, 9.17) is 5.73 Å². The molecule has 0 atom stereocenters. The number of hydrogen-bond acceptors (Lipinski definition) is 3. The topological polar surface area (TPSA) is 60.2 Å². The van der Waals surface area contributed by atoms with Crippen molar-refractivity contribution in [3.05, 3.63) is 0 Å². The standard InChI is InChI=1S/C28H55NO2/c1-4-7-9-11-13-15-17-19-21-23-26(30)28(6-3,25-29)27(31)24-22-20-18-16-14-12-10-8-5-2/h4-25,29H2,1-3H3. The molecular formula is C28H55NO2. The van der Waals surface area contributed by atoms with Crippen molar-refractivity contribution in [3.8, 4) is 0 Å². The van der Waals surface area contributed by atoms with Crippen LogP contribution in [0.1, 0.15) is 156 Å². The van der Waals surface area contributed by atoms with Crippen LogP contribution in [0.5, 0.6) is 0 Å². The third kappa shape index (κ3) is 14.1. The van der Waals surface area contributed by atoms with E-state index in [1.54, 1.807) is 0 Å². The number of unbranched alkanes of at least 4 members (excludes halogenated alkanes) is 16. The predicted molar refractivity (Wildman–Crippen MR) is 135 cm³/mol. The molecule has 184 valence electrons. The van der Waals surface area contributed by atoms with E-state index < -0.39 is 5.41 Å². The molecule has 0 radical (unpaired) electrons. The van der Waals surface area contributed by atoms with Crippen LogP contribution in [0.15, 0.2) is 0 Å². The fourth-order valence-corrected chi connectivity index (χ4v) is 4.59. The molecular weight excluding hydrogens is 382 g/mol. The van der Waals surface area contributed by atoms with Crippen LogP contribution in [0.3, 0.4) is 0 Å². The lowest BCUT2D eigenvalue weighted by Crippen LogP contribution is -2.45. The molecule has 0 aromatic heterocycles. The number of hydrogen-bond donors (Lipinski definition) is 1. The van der Waals surface area contributed by atoms with E-state index in [0.29, 0.717) is 19.3 Å². The third-order valence-electron chi connectivity index (χ3n) is 7.03. The lowest BCUT2D eigenvalue weighted by atomic mass is 9.73. The Labute approximate surface area is 194 Å². The van der Waals surface area contributed by atoms with Crippen LogP contribution in [0.25, 0.3) is 0 Å². The second-order valence-electron chi connectivity index (χ2n) is 9.64. The summed E-state index contributed by atoms with van der Waals surface area (Å²) >= 11 is 0. The predicted octanol–water partition coefficient (Wildman–Crippen LogP) is 8.32. The summed E-state index contributed by atoms with van der Waals surface area (Å²) in [5.41, 5.74) is 5.08. The van der Waals surface area contributed by atoms with Gasteiger partial charge in [0.15, 0.2) is 0 Å². The van der Waals surface area contributed by atoms with Gasteiger partial charge in [-0.15, -0.1) is 0 Å². The molecule has 31 heavy (non-hydrogen) atoms. The van der Waals surface area contributed by atoms with Gasteiger partial charge in [-0.25, -0.2) is 0 Å². The average Bonchev–Trinajstić information content (AvgIpc) is 2.78. The molecule has 0 heterocycles. The Morgan fingerprint density at radius 3 is 1.06 bits per heavy atom. The first-order valence-corrected chi connectivity index (χ1v) is 13.9.